The van der Waals surface area contributed by atoms with E-state index in [9.17, 15) is 14.4 Å². The van der Waals surface area contributed by atoms with Crippen LogP contribution in [0.5, 0.6) is 0 Å². The number of hydrogen-bond acceptors (Lipinski definition) is 5. The molecule has 0 N–H and O–H groups in total. The minimum Gasteiger partial charge on any atom is -0.466 e. The highest BCUT2D eigenvalue weighted by Crippen LogP contribution is 2.35. The van der Waals surface area contributed by atoms with Crippen LogP contribution in [-0.4, -0.2) is 18.4 Å². The third-order valence-electron chi connectivity index (χ3n) is 4.84. The first kappa shape index (κ1) is 17.2. The lowest BCUT2D eigenvalue weighted by Gasteiger charge is -2.13. The Balaban J connectivity index is 2.02. The van der Waals surface area contributed by atoms with Crippen LogP contribution in [0, 0.1) is 0 Å². The molecule has 0 fully saturated rings. The fraction of sp³-hybridized carbons (Fsp3) is 0.227. The molecule has 4 rings (SSSR count). The summed E-state index contributed by atoms with van der Waals surface area (Å²) in [5, 5.41) is 0.730. The third kappa shape index (κ3) is 3.05. The SMILES string of the molecule is CCOC(=O)Cc1c(-c2ccccc2)c2cc3c(cc2oc1=O)C(=O)CC3. The number of carbonyl (C=O) groups excluding carboxylic acids is 2. The van der Waals surface area contributed by atoms with E-state index in [1.165, 1.54) is 0 Å². The van der Waals surface area contributed by atoms with Crippen molar-refractivity contribution in [1.29, 1.82) is 0 Å². The minimum atomic E-state index is -0.584. The Morgan fingerprint density at radius 2 is 1.89 bits per heavy atom. The van der Waals surface area contributed by atoms with Gasteiger partial charge < -0.3 is 9.15 Å². The molecular formula is C22H18O5. The zero-order valence-electron chi connectivity index (χ0n) is 14.9. The molecule has 1 aliphatic rings. The summed E-state index contributed by atoms with van der Waals surface area (Å²) in [5.41, 5.74) is 3.09. The average molecular weight is 362 g/mol. The molecule has 1 heterocycles. The molecule has 0 bridgehead atoms. The van der Waals surface area contributed by atoms with E-state index in [4.69, 9.17) is 9.15 Å². The molecule has 1 aliphatic carbocycles. The largest absolute Gasteiger partial charge is 0.466 e. The summed E-state index contributed by atoms with van der Waals surface area (Å²) >= 11 is 0. The molecule has 0 amide bonds. The van der Waals surface area contributed by atoms with Gasteiger partial charge in [-0.05, 0) is 36.6 Å². The maximum Gasteiger partial charge on any atom is 0.340 e. The third-order valence-corrected chi connectivity index (χ3v) is 4.84. The molecule has 27 heavy (non-hydrogen) atoms. The van der Waals surface area contributed by atoms with E-state index < -0.39 is 11.6 Å². The van der Waals surface area contributed by atoms with Crippen LogP contribution in [0.3, 0.4) is 0 Å². The number of Topliss-reactive ketones (excluding diaryl/α,β-unsaturated/α-hetero) is 1. The highest BCUT2D eigenvalue weighted by Gasteiger charge is 2.24. The molecule has 0 unspecified atom stereocenters. The lowest BCUT2D eigenvalue weighted by molar-refractivity contribution is -0.142. The maximum absolute atomic E-state index is 12.7. The second kappa shape index (κ2) is 6.83. The van der Waals surface area contributed by atoms with Gasteiger partial charge >= 0.3 is 11.6 Å². The Morgan fingerprint density at radius 3 is 2.63 bits per heavy atom. The number of carbonyl (C=O) groups is 2. The van der Waals surface area contributed by atoms with E-state index in [2.05, 4.69) is 0 Å². The zero-order chi connectivity index (χ0) is 19.0. The first-order valence-electron chi connectivity index (χ1n) is 8.95. The first-order chi connectivity index (χ1) is 13.1. The normalized spacial score (nSPS) is 13.0. The van der Waals surface area contributed by atoms with E-state index >= 15 is 0 Å². The van der Waals surface area contributed by atoms with Crippen LogP contribution in [0.4, 0.5) is 0 Å². The van der Waals surface area contributed by atoms with Crippen LogP contribution in [0.2, 0.25) is 0 Å². The van der Waals surface area contributed by atoms with Crippen LogP contribution in [-0.2, 0) is 22.4 Å². The number of rotatable bonds is 4. The standard InChI is InChI=1S/C22H18O5/c1-2-26-20(24)12-17-21(13-6-4-3-5-7-13)16-10-14-8-9-18(23)15(14)11-19(16)27-22(17)25/h3-7,10-11H,2,8-9,12H2,1H3. The number of fused-ring (bicyclic) bond motifs is 2. The molecule has 136 valence electrons. The van der Waals surface area contributed by atoms with E-state index in [0.717, 1.165) is 16.5 Å². The summed E-state index contributed by atoms with van der Waals surface area (Å²) in [5.74, 6) is -0.413. The van der Waals surface area contributed by atoms with Crippen molar-refractivity contribution in [2.24, 2.45) is 0 Å². The van der Waals surface area contributed by atoms with E-state index in [0.29, 0.717) is 29.6 Å². The molecule has 2 aromatic carbocycles. The Kier molecular flexibility index (Phi) is 4.36. The Labute approximate surface area is 155 Å². The van der Waals surface area contributed by atoms with Gasteiger partial charge in [0.05, 0.1) is 18.6 Å². The Morgan fingerprint density at radius 1 is 1.11 bits per heavy atom. The molecule has 0 saturated carbocycles. The van der Waals surface area contributed by atoms with Gasteiger partial charge in [0.25, 0.3) is 0 Å². The zero-order valence-corrected chi connectivity index (χ0v) is 14.9. The van der Waals surface area contributed by atoms with Crippen molar-refractivity contribution in [2.45, 2.75) is 26.2 Å². The fourth-order valence-corrected chi connectivity index (χ4v) is 3.63. The summed E-state index contributed by atoms with van der Waals surface area (Å²) in [4.78, 5) is 36.8. The summed E-state index contributed by atoms with van der Waals surface area (Å²) in [7, 11) is 0. The molecule has 5 nitrogen and oxygen atoms in total. The van der Waals surface area contributed by atoms with Crippen LogP contribution in [0.25, 0.3) is 22.1 Å². The van der Waals surface area contributed by atoms with Crippen molar-refractivity contribution in [3.05, 3.63) is 69.6 Å². The molecule has 5 heteroatoms. The second-order valence-corrected chi connectivity index (χ2v) is 6.52. The molecule has 0 saturated heterocycles. The predicted molar refractivity (Wildman–Crippen MR) is 101 cm³/mol. The summed E-state index contributed by atoms with van der Waals surface area (Å²) in [6.45, 7) is 1.97. The van der Waals surface area contributed by atoms with Gasteiger partial charge in [0.1, 0.15) is 5.58 Å². The van der Waals surface area contributed by atoms with Gasteiger partial charge in [-0.3, -0.25) is 9.59 Å². The highest BCUT2D eigenvalue weighted by atomic mass is 16.5. The van der Waals surface area contributed by atoms with Crippen molar-refractivity contribution in [1.82, 2.24) is 0 Å². The minimum absolute atomic E-state index is 0.0615. The van der Waals surface area contributed by atoms with E-state index in [1.807, 2.05) is 36.4 Å². The van der Waals surface area contributed by atoms with Gasteiger partial charge in [-0.15, -0.1) is 0 Å². The molecule has 0 atom stereocenters. The van der Waals surface area contributed by atoms with Crippen molar-refractivity contribution in [3.63, 3.8) is 0 Å². The number of hydrogen-bond donors (Lipinski definition) is 0. The predicted octanol–water partition coefficient (Wildman–Crippen LogP) is 3.69. The molecule has 0 radical (unpaired) electrons. The van der Waals surface area contributed by atoms with Gasteiger partial charge in [0, 0.05) is 22.9 Å². The van der Waals surface area contributed by atoms with Crippen LogP contribution in [0.1, 0.15) is 34.8 Å². The van der Waals surface area contributed by atoms with Gasteiger partial charge in [0.15, 0.2) is 5.78 Å². The number of esters is 1. The summed E-state index contributed by atoms with van der Waals surface area (Å²) in [6, 6.07) is 13.0. The topological polar surface area (TPSA) is 73.6 Å². The lowest BCUT2D eigenvalue weighted by Crippen LogP contribution is -2.17. The molecule has 0 spiro atoms. The smallest absolute Gasteiger partial charge is 0.340 e. The number of ketones is 1. The van der Waals surface area contributed by atoms with E-state index in [1.54, 1.807) is 13.0 Å². The van der Waals surface area contributed by atoms with E-state index in [-0.39, 0.29) is 24.4 Å². The van der Waals surface area contributed by atoms with Crippen molar-refractivity contribution in [3.8, 4) is 11.1 Å². The molecular weight excluding hydrogens is 344 g/mol. The maximum atomic E-state index is 12.7. The van der Waals surface area contributed by atoms with Crippen molar-refractivity contribution in [2.75, 3.05) is 6.61 Å². The van der Waals surface area contributed by atoms with Gasteiger partial charge in [-0.1, -0.05) is 30.3 Å². The second-order valence-electron chi connectivity index (χ2n) is 6.52. The summed E-state index contributed by atoms with van der Waals surface area (Å²) < 4.78 is 10.5. The monoisotopic (exact) mass is 362 g/mol. The van der Waals surface area contributed by atoms with Crippen molar-refractivity contribution < 1.29 is 18.7 Å². The molecule has 0 aliphatic heterocycles. The lowest BCUT2D eigenvalue weighted by atomic mass is 9.93. The summed E-state index contributed by atoms with van der Waals surface area (Å²) in [6.07, 6.45) is 0.975. The quantitative estimate of drug-likeness (QED) is 0.523. The fourth-order valence-electron chi connectivity index (χ4n) is 3.63. The highest BCUT2D eigenvalue weighted by molar-refractivity contribution is 6.06. The Bertz CT molecular complexity index is 1110. The van der Waals surface area contributed by atoms with Crippen LogP contribution in [0.15, 0.2) is 51.7 Å². The van der Waals surface area contributed by atoms with Gasteiger partial charge in [0.2, 0.25) is 0 Å². The number of benzene rings is 2. The first-order valence-corrected chi connectivity index (χ1v) is 8.95. The van der Waals surface area contributed by atoms with Crippen LogP contribution < -0.4 is 5.63 Å². The number of aryl methyl sites for hydroxylation is 1. The Hall–Kier alpha value is -3.21. The molecule has 1 aromatic heterocycles. The average Bonchev–Trinajstić information content (AvgIpc) is 3.02. The molecule has 3 aromatic rings. The van der Waals surface area contributed by atoms with Gasteiger partial charge in [-0.2, -0.15) is 0 Å². The number of ether oxygens (including phenoxy) is 1. The van der Waals surface area contributed by atoms with Crippen LogP contribution >= 0.6 is 0 Å². The van der Waals surface area contributed by atoms with Crippen molar-refractivity contribution >= 4 is 22.7 Å². The van der Waals surface area contributed by atoms with Gasteiger partial charge in [-0.25, -0.2) is 4.79 Å².